The first-order valence-corrected chi connectivity index (χ1v) is 5.67. The van der Waals surface area contributed by atoms with Gasteiger partial charge in [0.25, 0.3) is 5.88 Å². The van der Waals surface area contributed by atoms with Gasteiger partial charge in [-0.3, -0.25) is 10.1 Å². The van der Waals surface area contributed by atoms with Crippen molar-refractivity contribution in [1.29, 1.82) is 0 Å². The van der Waals surface area contributed by atoms with E-state index in [0.717, 1.165) is 0 Å². The zero-order valence-corrected chi connectivity index (χ0v) is 10.9. The fourth-order valence-electron chi connectivity index (χ4n) is 1.37. The fourth-order valence-corrected chi connectivity index (χ4v) is 1.37. The van der Waals surface area contributed by atoms with Crippen molar-refractivity contribution in [3.05, 3.63) is 16.4 Å². The van der Waals surface area contributed by atoms with Gasteiger partial charge in [-0.05, 0) is 0 Å². The highest BCUT2D eigenvalue weighted by molar-refractivity contribution is 5.60. The van der Waals surface area contributed by atoms with Gasteiger partial charge in [0.1, 0.15) is 6.33 Å². The van der Waals surface area contributed by atoms with Crippen LogP contribution in [0.25, 0.3) is 0 Å². The van der Waals surface area contributed by atoms with E-state index < -0.39 is 4.92 Å². The maximum absolute atomic E-state index is 10.9. The van der Waals surface area contributed by atoms with Crippen LogP contribution in [0.4, 0.5) is 11.5 Å². The summed E-state index contributed by atoms with van der Waals surface area (Å²) < 4.78 is 9.72. The SMILES string of the molecule is COCCNCCNc1ncnc(OC)c1[N+](=O)[O-]. The lowest BCUT2D eigenvalue weighted by Crippen LogP contribution is -2.25. The standard InChI is InChI=1S/C10H17N5O4/c1-18-6-5-11-3-4-12-9-8(15(16)17)10(19-2)14-7-13-9/h7,11H,3-6H2,1-2H3,(H,12,13,14). The van der Waals surface area contributed by atoms with E-state index in [9.17, 15) is 10.1 Å². The number of aromatic nitrogens is 2. The summed E-state index contributed by atoms with van der Waals surface area (Å²) in [5, 5.41) is 16.9. The lowest BCUT2D eigenvalue weighted by molar-refractivity contribution is -0.385. The molecule has 1 rings (SSSR count). The number of nitrogens with zero attached hydrogens (tertiary/aromatic N) is 3. The summed E-state index contributed by atoms with van der Waals surface area (Å²) in [5.74, 6) is 0.0835. The fraction of sp³-hybridized carbons (Fsp3) is 0.600. The average molecular weight is 271 g/mol. The number of hydrogen-bond donors (Lipinski definition) is 2. The van der Waals surface area contributed by atoms with Gasteiger partial charge in [-0.2, -0.15) is 4.98 Å². The van der Waals surface area contributed by atoms with Crippen LogP contribution in [0.3, 0.4) is 0 Å². The Morgan fingerprint density at radius 3 is 2.74 bits per heavy atom. The predicted octanol–water partition coefficient (Wildman–Crippen LogP) is 0.0413. The van der Waals surface area contributed by atoms with Gasteiger partial charge in [0.2, 0.25) is 5.82 Å². The first-order valence-electron chi connectivity index (χ1n) is 5.67. The molecular weight excluding hydrogens is 254 g/mol. The van der Waals surface area contributed by atoms with Crippen molar-refractivity contribution in [1.82, 2.24) is 15.3 Å². The monoisotopic (exact) mass is 271 g/mol. The Morgan fingerprint density at radius 1 is 1.32 bits per heavy atom. The van der Waals surface area contributed by atoms with Crippen molar-refractivity contribution in [2.75, 3.05) is 45.8 Å². The molecule has 9 nitrogen and oxygen atoms in total. The summed E-state index contributed by atoms with van der Waals surface area (Å²) in [6.45, 7) is 2.45. The molecule has 0 aliphatic heterocycles. The van der Waals surface area contributed by atoms with Gasteiger partial charge >= 0.3 is 5.69 Å². The molecule has 0 aliphatic rings. The quantitative estimate of drug-likeness (QED) is 0.368. The van der Waals surface area contributed by atoms with Crippen LogP contribution >= 0.6 is 0 Å². The molecule has 0 saturated heterocycles. The van der Waals surface area contributed by atoms with Crippen LogP contribution < -0.4 is 15.4 Å². The molecule has 1 aromatic rings. The molecule has 0 aliphatic carbocycles. The molecule has 0 atom stereocenters. The van der Waals surface area contributed by atoms with E-state index in [1.807, 2.05) is 0 Å². The van der Waals surface area contributed by atoms with Crippen molar-refractivity contribution in [2.45, 2.75) is 0 Å². The van der Waals surface area contributed by atoms with Crippen LogP contribution in [0.2, 0.25) is 0 Å². The molecule has 1 aromatic heterocycles. The third-order valence-electron chi connectivity index (χ3n) is 2.24. The van der Waals surface area contributed by atoms with Gasteiger partial charge in [0.15, 0.2) is 0 Å². The summed E-state index contributed by atoms with van der Waals surface area (Å²) in [4.78, 5) is 17.9. The van der Waals surface area contributed by atoms with Gasteiger partial charge in [-0.25, -0.2) is 4.98 Å². The molecule has 0 spiro atoms. The lowest BCUT2D eigenvalue weighted by Gasteiger charge is -2.08. The predicted molar refractivity (Wildman–Crippen MR) is 68.5 cm³/mol. The molecule has 0 saturated carbocycles. The molecule has 0 amide bonds. The minimum absolute atomic E-state index is 0.0603. The average Bonchev–Trinajstić information content (AvgIpc) is 2.42. The molecule has 0 unspecified atom stereocenters. The van der Waals surface area contributed by atoms with Gasteiger partial charge in [0, 0.05) is 26.7 Å². The first kappa shape index (κ1) is 15.1. The molecule has 1 heterocycles. The lowest BCUT2D eigenvalue weighted by atomic mass is 10.4. The smallest absolute Gasteiger partial charge is 0.372 e. The zero-order valence-electron chi connectivity index (χ0n) is 10.9. The minimum Gasteiger partial charge on any atom is -0.476 e. The summed E-state index contributed by atoms with van der Waals surface area (Å²) in [6.07, 6.45) is 1.21. The number of nitrogens with one attached hydrogen (secondary N) is 2. The Bertz CT molecular complexity index is 415. The zero-order chi connectivity index (χ0) is 14.1. The number of rotatable bonds is 9. The summed E-state index contributed by atoms with van der Waals surface area (Å²) >= 11 is 0. The van der Waals surface area contributed by atoms with Crippen LogP contribution in [0.5, 0.6) is 5.88 Å². The van der Waals surface area contributed by atoms with E-state index in [1.165, 1.54) is 13.4 Å². The Kier molecular flexibility index (Phi) is 6.47. The van der Waals surface area contributed by atoms with Crippen LogP contribution in [-0.2, 0) is 4.74 Å². The van der Waals surface area contributed by atoms with Crippen molar-refractivity contribution in [3.8, 4) is 5.88 Å². The highest BCUT2D eigenvalue weighted by atomic mass is 16.6. The molecule has 0 radical (unpaired) electrons. The summed E-state index contributed by atoms with van der Waals surface area (Å²) in [7, 11) is 2.95. The van der Waals surface area contributed by atoms with Crippen LogP contribution in [0, 0.1) is 10.1 Å². The largest absolute Gasteiger partial charge is 0.476 e. The molecule has 106 valence electrons. The van der Waals surface area contributed by atoms with E-state index >= 15 is 0 Å². The van der Waals surface area contributed by atoms with Gasteiger partial charge in [0.05, 0.1) is 18.6 Å². The highest BCUT2D eigenvalue weighted by Crippen LogP contribution is 2.29. The van der Waals surface area contributed by atoms with E-state index in [0.29, 0.717) is 26.2 Å². The van der Waals surface area contributed by atoms with Crippen LogP contribution in [0.1, 0.15) is 0 Å². The second-order valence-electron chi connectivity index (χ2n) is 3.51. The molecular formula is C10H17N5O4. The van der Waals surface area contributed by atoms with Gasteiger partial charge < -0.3 is 20.1 Å². The Balaban J connectivity index is 2.55. The third-order valence-corrected chi connectivity index (χ3v) is 2.24. The summed E-state index contributed by atoms with van der Waals surface area (Å²) in [6, 6.07) is 0. The van der Waals surface area contributed by atoms with Crippen molar-refractivity contribution in [2.24, 2.45) is 0 Å². The van der Waals surface area contributed by atoms with Crippen molar-refractivity contribution >= 4 is 11.5 Å². The second-order valence-corrected chi connectivity index (χ2v) is 3.51. The normalized spacial score (nSPS) is 10.2. The molecule has 9 heteroatoms. The second kappa shape index (κ2) is 8.16. The van der Waals surface area contributed by atoms with Gasteiger partial charge in [-0.15, -0.1) is 0 Å². The number of methoxy groups -OCH3 is 2. The first-order chi connectivity index (χ1) is 9.20. The maximum Gasteiger partial charge on any atom is 0.372 e. The van der Waals surface area contributed by atoms with E-state index in [4.69, 9.17) is 9.47 Å². The van der Waals surface area contributed by atoms with E-state index in [-0.39, 0.29) is 17.4 Å². The third kappa shape index (κ3) is 4.64. The maximum atomic E-state index is 10.9. The van der Waals surface area contributed by atoms with Crippen molar-refractivity contribution in [3.63, 3.8) is 0 Å². The van der Waals surface area contributed by atoms with Crippen molar-refractivity contribution < 1.29 is 14.4 Å². The highest BCUT2D eigenvalue weighted by Gasteiger charge is 2.23. The topological polar surface area (TPSA) is 111 Å². The molecule has 19 heavy (non-hydrogen) atoms. The van der Waals surface area contributed by atoms with Crippen LogP contribution in [-0.4, -0.2) is 55.4 Å². The molecule has 2 N–H and O–H groups in total. The number of nitro groups is 1. The van der Waals surface area contributed by atoms with E-state index in [2.05, 4.69) is 20.6 Å². The van der Waals surface area contributed by atoms with E-state index in [1.54, 1.807) is 7.11 Å². The molecule has 0 aromatic carbocycles. The molecule has 0 fully saturated rings. The minimum atomic E-state index is -0.570. The Hall–Kier alpha value is -2.00. The number of hydrogen-bond acceptors (Lipinski definition) is 8. The van der Waals surface area contributed by atoms with Gasteiger partial charge in [-0.1, -0.05) is 0 Å². The summed E-state index contributed by atoms with van der Waals surface area (Å²) in [5.41, 5.74) is -0.262. The molecule has 0 bridgehead atoms. The number of ether oxygens (including phenoxy) is 2. The number of anilines is 1. The Labute approximate surface area is 110 Å². The van der Waals surface area contributed by atoms with Crippen LogP contribution in [0.15, 0.2) is 6.33 Å². The Morgan fingerprint density at radius 2 is 2.11 bits per heavy atom.